The van der Waals surface area contributed by atoms with Gasteiger partial charge >= 0.3 is 0 Å². The van der Waals surface area contributed by atoms with Crippen molar-refractivity contribution in [1.29, 1.82) is 0 Å². The van der Waals surface area contributed by atoms with Crippen molar-refractivity contribution in [3.63, 3.8) is 0 Å². The summed E-state index contributed by atoms with van der Waals surface area (Å²) in [6, 6.07) is 14.5. The molecule has 1 aliphatic heterocycles. The molecule has 2 heterocycles. The lowest BCUT2D eigenvalue weighted by atomic mass is 9.98. The molecule has 29 heavy (non-hydrogen) atoms. The largest absolute Gasteiger partial charge is 0.497 e. The number of likely N-dealkylation sites (tertiary alicyclic amines) is 1. The fourth-order valence-electron chi connectivity index (χ4n) is 3.82. The second-order valence-electron chi connectivity index (χ2n) is 7.47. The molecule has 0 aliphatic carbocycles. The van der Waals surface area contributed by atoms with Gasteiger partial charge in [-0.15, -0.1) is 0 Å². The minimum atomic E-state index is -3.52. The summed E-state index contributed by atoms with van der Waals surface area (Å²) in [5, 5.41) is 0. The van der Waals surface area contributed by atoms with E-state index in [4.69, 9.17) is 4.74 Å². The normalized spacial score (nSPS) is 18.2. The maximum Gasteiger partial charge on any atom is 0.240 e. The SMILES string of the molecule is COc1ccc(S(=O)(=O)NC[C@H]2CCCN(Cc3nc4ccccc4[nH]3)C2)cc1. The summed E-state index contributed by atoms with van der Waals surface area (Å²) in [6.45, 7) is 3.03. The average Bonchev–Trinajstić information content (AvgIpc) is 3.15. The van der Waals surface area contributed by atoms with Gasteiger partial charge < -0.3 is 9.72 Å². The molecule has 0 radical (unpaired) electrons. The zero-order valence-electron chi connectivity index (χ0n) is 16.5. The number of fused-ring (bicyclic) bond motifs is 1. The maximum atomic E-state index is 12.6. The molecule has 1 aromatic heterocycles. The van der Waals surface area contributed by atoms with E-state index in [1.54, 1.807) is 31.4 Å². The molecule has 154 valence electrons. The van der Waals surface area contributed by atoms with Crippen molar-refractivity contribution in [3.8, 4) is 5.75 Å². The third-order valence-electron chi connectivity index (χ3n) is 5.35. The Balaban J connectivity index is 1.34. The van der Waals surface area contributed by atoms with E-state index in [0.29, 0.717) is 12.3 Å². The van der Waals surface area contributed by atoms with Crippen molar-refractivity contribution in [2.45, 2.75) is 24.3 Å². The molecule has 8 heteroatoms. The Morgan fingerprint density at radius 2 is 2.00 bits per heavy atom. The van der Waals surface area contributed by atoms with Crippen molar-refractivity contribution < 1.29 is 13.2 Å². The lowest BCUT2D eigenvalue weighted by Crippen LogP contribution is -2.40. The number of rotatable bonds is 7. The van der Waals surface area contributed by atoms with Gasteiger partial charge in [-0.3, -0.25) is 4.90 Å². The van der Waals surface area contributed by atoms with E-state index in [9.17, 15) is 8.42 Å². The number of para-hydroxylation sites is 2. The van der Waals surface area contributed by atoms with Gasteiger partial charge in [-0.25, -0.2) is 18.1 Å². The molecule has 1 aliphatic rings. The van der Waals surface area contributed by atoms with Crippen LogP contribution in [0.25, 0.3) is 11.0 Å². The summed E-state index contributed by atoms with van der Waals surface area (Å²) in [6.07, 6.45) is 2.07. The van der Waals surface area contributed by atoms with Gasteiger partial charge in [-0.05, 0) is 61.7 Å². The van der Waals surface area contributed by atoms with Crippen molar-refractivity contribution in [2.75, 3.05) is 26.7 Å². The lowest BCUT2D eigenvalue weighted by Gasteiger charge is -2.32. The number of sulfonamides is 1. The number of H-pyrrole nitrogens is 1. The first kappa shape index (κ1) is 19.9. The highest BCUT2D eigenvalue weighted by Crippen LogP contribution is 2.20. The molecule has 1 fully saturated rings. The first-order valence-electron chi connectivity index (χ1n) is 9.83. The first-order chi connectivity index (χ1) is 14.0. The zero-order valence-corrected chi connectivity index (χ0v) is 17.3. The highest BCUT2D eigenvalue weighted by molar-refractivity contribution is 7.89. The number of ether oxygens (including phenoxy) is 1. The van der Waals surface area contributed by atoms with Crippen LogP contribution in [-0.2, 0) is 16.6 Å². The summed E-state index contributed by atoms with van der Waals surface area (Å²) < 4.78 is 33.0. The minimum absolute atomic E-state index is 0.258. The van der Waals surface area contributed by atoms with Gasteiger partial charge in [0.2, 0.25) is 10.0 Å². The molecular formula is C21H26N4O3S. The van der Waals surface area contributed by atoms with Gasteiger partial charge in [0, 0.05) is 13.1 Å². The topological polar surface area (TPSA) is 87.3 Å². The summed E-state index contributed by atoms with van der Waals surface area (Å²) in [5.74, 6) is 1.87. The summed E-state index contributed by atoms with van der Waals surface area (Å²) in [4.78, 5) is 10.6. The summed E-state index contributed by atoms with van der Waals surface area (Å²) in [5.41, 5.74) is 2.02. The van der Waals surface area contributed by atoms with Crippen LogP contribution in [-0.4, -0.2) is 50.0 Å². The molecule has 2 aromatic carbocycles. The number of aromatic amines is 1. The van der Waals surface area contributed by atoms with E-state index >= 15 is 0 Å². The van der Waals surface area contributed by atoms with E-state index in [-0.39, 0.29) is 10.8 Å². The third kappa shape index (κ3) is 4.77. The molecule has 0 saturated carbocycles. The monoisotopic (exact) mass is 414 g/mol. The van der Waals surface area contributed by atoms with Gasteiger partial charge in [-0.2, -0.15) is 0 Å². The number of imidazole rings is 1. The van der Waals surface area contributed by atoms with Crippen molar-refractivity contribution in [2.24, 2.45) is 5.92 Å². The molecular weight excluding hydrogens is 388 g/mol. The Bertz CT molecular complexity index is 1030. The second-order valence-corrected chi connectivity index (χ2v) is 9.24. The molecule has 1 atom stereocenters. The van der Waals surface area contributed by atoms with Crippen LogP contribution >= 0.6 is 0 Å². The van der Waals surface area contributed by atoms with Crippen LogP contribution < -0.4 is 9.46 Å². The number of benzene rings is 2. The van der Waals surface area contributed by atoms with Crippen LogP contribution in [0, 0.1) is 5.92 Å². The average molecular weight is 415 g/mol. The Morgan fingerprint density at radius 1 is 1.21 bits per heavy atom. The molecule has 0 unspecified atom stereocenters. The van der Waals surface area contributed by atoms with Gasteiger partial charge in [0.15, 0.2) is 0 Å². The number of methoxy groups -OCH3 is 1. The van der Waals surface area contributed by atoms with Gasteiger partial charge in [0.25, 0.3) is 0 Å². The van der Waals surface area contributed by atoms with E-state index in [1.807, 2.05) is 24.3 Å². The lowest BCUT2D eigenvalue weighted by molar-refractivity contribution is 0.166. The molecule has 1 saturated heterocycles. The Hall–Kier alpha value is -2.42. The van der Waals surface area contributed by atoms with Crippen LogP contribution in [0.15, 0.2) is 53.4 Å². The minimum Gasteiger partial charge on any atom is -0.497 e. The van der Waals surface area contributed by atoms with Gasteiger partial charge in [0.05, 0.1) is 29.6 Å². The Kier molecular flexibility index (Phi) is 5.84. The van der Waals surface area contributed by atoms with Crippen LogP contribution in [0.1, 0.15) is 18.7 Å². The molecule has 7 nitrogen and oxygen atoms in total. The maximum absolute atomic E-state index is 12.6. The fourth-order valence-corrected chi connectivity index (χ4v) is 4.94. The summed E-state index contributed by atoms with van der Waals surface area (Å²) in [7, 11) is -1.96. The van der Waals surface area contributed by atoms with Gasteiger partial charge in [-0.1, -0.05) is 12.1 Å². The van der Waals surface area contributed by atoms with E-state index in [2.05, 4.69) is 19.6 Å². The number of nitrogens with zero attached hydrogens (tertiary/aromatic N) is 2. The highest BCUT2D eigenvalue weighted by Gasteiger charge is 2.23. The molecule has 2 N–H and O–H groups in total. The van der Waals surface area contributed by atoms with Crippen LogP contribution in [0.5, 0.6) is 5.75 Å². The van der Waals surface area contributed by atoms with E-state index < -0.39 is 10.0 Å². The number of nitrogens with one attached hydrogen (secondary N) is 2. The molecule has 3 aromatic rings. The quantitative estimate of drug-likeness (QED) is 0.621. The molecule has 0 bridgehead atoms. The van der Waals surface area contributed by atoms with Crippen molar-refractivity contribution in [1.82, 2.24) is 19.6 Å². The molecule has 0 spiro atoms. The Labute approximate surface area is 171 Å². The van der Waals surface area contributed by atoms with E-state index in [0.717, 1.165) is 49.3 Å². The van der Waals surface area contributed by atoms with Crippen LogP contribution in [0.2, 0.25) is 0 Å². The number of piperidine rings is 1. The third-order valence-corrected chi connectivity index (χ3v) is 6.79. The van der Waals surface area contributed by atoms with Crippen LogP contribution in [0.3, 0.4) is 0 Å². The number of aromatic nitrogens is 2. The zero-order chi connectivity index (χ0) is 20.3. The first-order valence-corrected chi connectivity index (χ1v) is 11.3. The predicted molar refractivity (Wildman–Crippen MR) is 112 cm³/mol. The van der Waals surface area contributed by atoms with Crippen LogP contribution in [0.4, 0.5) is 0 Å². The van der Waals surface area contributed by atoms with E-state index in [1.165, 1.54) is 0 Å². The van der Waals surface area contributed by atoms with Crippen molar-refractivity contribution in [3.05, 3.63) is 54.4 Å². The second kappa shape index (κ2) is 8.52. The highest BCUT2D eigenvalue weighted by atomic mass is 32.2. The fraction of sp³-hybridized carbons (Fsp3) is 0.381. The van der Waals surface area contributed by atoms with Crippen molar-refractivity contribution >= 4 is 21.1 Å². The smallest absolute Gasteiger partial charge is 0.240 e. The van der Waals surface area contributed by atoms with Gasteiger partial charge in [0.1, 0.15) is 11.6 Å². The number of hydrogen-bond donors (Lipinski definition) is 2. The molecule has 0 amide bonds. The predicted octanol–water partition coefficient (Wildman–Crippen LogP) is 2.76. The Morgan fingerprint density at radius 3 is 2.76 bits per heavy atom. The summed E-state index contributed by atoms with van der Waals surface area (Å²) >= 11 is 0. The number of hydrogen-bond acceptors (Lipinski definition) is 5. The molecule has 4 rings (SSSR count). The standard InChI is InChI=1S/C21H26N4O3S/c1-28-17-8-10-18(11-9-17)29(26,27)22-13-16-5-4-12-25(14-16)15-21-23-19-6-2-3-7-20(19)24-21/h2-3,6-11,16,22H,4-5,12-15H2,1H3,(H,23,24)/t16-/m1/s1.